The molecule has 10 heteroatoms. The molecule has 164 valence electrons. The number of H-pyrrole nitrogens is 1. The summed E-state index contributed by atoms with van der Waals surface area (Å²) in [5, 5.41) is 2.61. The molecule has 2 N–H and O–H groups in total. The SMILES string of the molecule is O=C(Nc1cc(Cl)c(-c2cnc(F)c(F)c2)cc1F)N1[C@H]2CC[C@@H]1c1c[nH]c(=O)cc1C2. The van der Waals surface area contributed by atoms with Crippen LogP contribution in [0, 0.1) is 17.6 Å². The molecule has 2 atom stereocenters. The Balaban J connectivity index is 1.41. The van der Waals surface area contributed by atoms with Crippen molar-refractivity contribution in [3.05, 3.63) is 80.7 Å². The van der Waals surface area contributed by atoms with Gasteiger partial charge in [0.2, 0.25) is 11.5 Å². The molecule has 0 spiro atoms. The highest BCUT2D eigenvalue weighted by atomic mass is 35.5. The van der Waals surface area contributed by atoms with Crippen molar-refractivity contribution in [3.8, 4) is 11.1 Å². The number of halogens is 4. The lowest BCUT2D eigenvalue weighted by molar-refractivity contribution is 0.179. The van der Waals surface area contributed by atoms with Crippen molar-refractivity contribution in [1.82, 2.24) is 14.9 Å². The number of urea groups is 1. The van der Waals surface area contributed by atoms with Crippen LogP contribution in [-0.2, 0) is 6.42 Å². The van der Waals surface area contributed by atoms with Crippen molar-refractivity contribution in [1.29, 1.82) is 0 Å². The number of nitrogens with one attached hydrogen (secondary N) is 2. The highest BCUT2D eigenvalue weighted by molar-refractivity contribution is 6.33. The number of nitrogens with zero attached hydrogens (tertiary/aromatic N) is 2. The molecule has 2 aliphatic rings. The van der Waals surface area contributed by atoms with E-state index in [0.29, 0.717) is 6.42 Å². The largest absolute Gasteiger partial charge is 0.329 e. The smallest absolute Gasteiger partial charge is 0.322 e. The normalized spacial score (nSPS) is 19.1. The number of rotatable bonds is 2. The minimum absolute atomic E-state index is 0.0408. The van der Waals surface area contributed by atoms with Crippen LogP contribution in [0.2, 0.25) is 5.02 Å². The fourth-order valence-corrected chi connectivity index (χ4v) is 4.85. The average molecular weight is 461 g/mol. The summed E-state index contributed by atoms with van der Waals surface area (Å²) in [6, 6.07) is 3.90. The maximum Gasteiger partial charge on any atom is 0.322 e. The molecule has 2 amide bonds. The first-order valence-corrected chi connectivity index (χ1v) is 10.3. The van der Waals surface area contributed by atoms with Gasteiger partial charge in [-0.3, -0.25) is 4.79 Å². The van der Waals surface area contributed by atoms with Crippen LogP contribution in [0.25, 0.3) is 11.1 Å². The number of carbonyl (C=O) groups excluding carboxylic acids is 1. The molecule has 1 saturated heterocycles. The average Bonchev–Trinajstić information content (AvgIpc) is 3.07. The van der Waals surface area contributed by atoms with Crippen LogP contribution in [0.3, 0.4) is 0 Å². The summed E-state index contributed by atoms with van der Waals surface area (Å²) in [6.45, 7) is 0. The molecule has 2 aromatic heterocycles. The third kappa shape index (κ3) is 3.42. The molecule has 32 heavy (non-hydrogen) atoms. The van der Waals surface area contributed by atoms with Crippen molar-refractivity contribution in [2.24, 2.45) is 0 Å². The Bertz CT molecular complexity index is 1310. The first kappa shape index (κ1) is 20.6. The summed E-state index contributed by atoms with van der Waals surface area (Å²) in [4.78, 5) is 32.3. The second-order valence-corrected chi connectivity index (χ2v) is 8.28. The van der Waals surface area contributed by atoms with Gasteiger partial charge >= 0.3 is 6.03 Å². The van der Waals surface area contributed by atoms with Gasteiger partial charge in [0.05, 0.1) is 16.8 Å². The Morgan fingerprint density at radius 1 is 1.16 bits per heavy atom. The number of hydrogen-bond acceptors (Lipinski definition) is 3. The number of aromatic nitrogens is 2. The molecule has 1 fully saturated rings. The number of aromatic amines is 1. The molecule has 1 aromatic carbocycles. The quantitative estimate of drug-likeness (QED) is 0.539. The summed E-state index contributed by atoms with van der Waals surface area (Å²) in [5.74, 6) is -3.23. The Kier molecular flexibility index (Phi) is 4.93. The molecule has 5 rings (SSSR count). The van der Waals surface area contributed by atoms with Gasteiger partial charge in [0.25, 0.3) is 0 Å². The number of pyridine rings is 2. The predicted octanol–water partition coefficient (Wildman–Crippen LogP) is 4.80. The van der Waals surface area contributed by atoms with Gasteiger partial charge < -0.3 is 15.2 Å². The van der Waals surface area contributed by atoms with E-state index in [4.69, 9.17) is 11.6 Å². The minimum atomic E-state index is -1.27. The van der Waals surface area contributed by atoms with E-state index in [1.165, 1.54) is 6.07 Å². The molecule has 6 nitrogen and oxygen atoms in total. The summed E-state index contributed by atoms with van der Waals surface area (Å²) in [6.07, 6.45) is 4.74. The molecule has 0 radical (unpaired) electrons. The van der Waals surface area contributed by atoms with Crippen LogP contribution in [-0.4, -0.2) is 26.9 Å². The highest BCUT2D eigenvalue weighted by Gasteiger charge is 2.43. The van der Waals surface area contributed by atoms with Gasteiger partial charge in [-0.2, -0.15) is 4.39 Å². The summed E-state index contributed by atoms with van der Waals surface area (Å²) < 4.78 is 41.4. The molecule has 0 unspecified atom stereocenters. The van der Waals surface area contributed by atoms with Gasteiger partial charge in [0.15, 0.2) is 5.82 Å². The van der Waals surface area contributed by atoms with Crippen molar-refractivity contribution >= 4 is 23.3 Å². The monoisotopic (exact) mass is 460 g/mol. The summed E-state index contributed by atoms with van der Waals surface area (Å²) in [5.41, 5.74) is 1.70. The van der Waals surface area contributed by atoms with E-state index in [0.717, 1.165) is 42.3 Å². The van der Waals surface area contributed by atoms with Gasteiger partial charge in [-0.25, -0.2) is 18.6 Å². The van der Waals surface area contributed by atoms with E-state index in [1.807, 2.05) is 0 Å². The van der Waals surface area contributed by atoms with Crippen LogP contribution in [0.5, 0.6) is 0 Å². The molecular weight excluding hydrogens is 445 g/mol. The fourth-order valence-electron chi connectivity index (χ4n) is 4.57. The fraction of sp³-hybridized carbons (Fsp3) is 0.227. The second kappa shape index (κ2) is 7.67. The zero-order valence-corrected chi connectivity index (χ0v) is 17.2. The number of fused-ring (bicyclic) bond motifs is 4. The minimum Gasteiger partial charge on any atom is -0.329 e. The molecule has 0 aliphatic carbocycles. The van der Waals surface area contributed by atoms with Crippen molar-refractivity contribution in [3.63, 3.8) is 0 Å². The lowest BCUT2D eigenvalue weighted by Gasteiger charge is -2.36. The Hall–Kier alpha value is -3.33. The number of carbonyl (C=O) groups is 1. The molecular formula is C22H16ClF3N4O2. The maximum atomic E-state index is 14.8. The van der Waals surface area contributed by atoms with Gasteiger partial charge in [-0.15, -0.1) is 0 Å². The molecule has 0 saturated carbocycles. The third-order valence-electron chi connectivity index (χ3n) is 6.00. The van der Waals surface area contributed by atoms with Crippen molar-refractivity contribution in [2.45, 2.75) is 31.3 Å². The number of benzene rings is 1. The third-order valence-corrected chi connectivity index (χ3v) is 6.32. The molecule has 4 heterocycles. The standard InChI is InChI=1S/C22H16ClF3N4O2/c23-15-7-18(16(24)6-13(15)11-4-17(25)21(26)28-8-11)29-22(32)30-12-1-2-19(30)14-9-27-20(31)5-10(14)3-12/h4-9,12,19H,1-3H2,(H,27,31)(H,29,32)/t12-,19+/m0/s1. The summed E-state index contributed by atoms with van der Waals surface area (Å²) in [7, 11) is 0. The number of hydrogen-bond donors (Lipinski definition) is 2. The van der Waals surface area contributed by atoms with Crippen molar-refractivity contribution in [2.75, 3.05) is 5.32 Å². The molecule has 2 aliphatic heterocycles. The van der Waals surface area contributed by atoms with Crippen LogP contribution < -0.4 is 10.9 Å². The van der Waals surface area contributed by atoms with E-state index >= 15 is 0 Å². The van der Waals surface area contributed by atoms with Crippen LogP contribution in [0.1, 0.15) is 30.0 Å². The van der Waals surface area contributed by atoms with Gasteiger partial charge in [0.1, 0.15) is 5.82 Å². The Morgan fingerprint density at radius 3 is 2.75 bits per heavy atom. The first-order chi connectivity index (χ1) is 15.3. The van der Waals surface area contributed by atoms with Crippen LogP contribution >= 0.6 is 11.6 Å². The maximum absolute atomic E-state index is 14.8. The Morgan fingerprint density at radius 2 is 1.97 bits per heavy atom. The van der Waals surface area contributed by atoms with E-state index < -0.39 is 23.6 Å². The van der Waals surface area contributed by atoms with Gasteiger partial charge in [0, 0.05) is 35.6 Å². The lowest BCUT2D eigenvalue weighted by Crippen LogP contribution is -2.44. The summed E-state index contributed by atoms with van der Waals surface area (Å²) >= 11 is 6.24. The number of anilines is 1. The van der Waals surface area contributed by atoms with E-state index in [2.05, 4.69) is 15.3 Å². The number of amides is 2. The first-order valence-electron chi connectivity index (χ1n) is 9.93. The molecule has 3 aromatic rings. The predicted molar refractivity (Wildman–Crippen MR) is 112 cm³/mol. The zero-order chi connectivity index (χ0) is 22.6. The van der Waals surface area contributed by atoms with Crippen LogP contribution in [0.4, 0.5) is 23.7 Å². The second-order valence-electron chi connectivity index (χ2n) is 7.87. The van der Waals surface area contributed by atoms with Crippen LogP contribution in [0.15, 0.2) is 41.5 Å². The van der Waals surface area contributed by atoms with E-state index in [-0.39, 0.29) is 39.5 Å². The highest BCUT2D eigenvalue weighted by Crippen LogP contribution is 2.43. The molecule has 2 bridgehead atoms. The van der Waals surface area contributed by atoms with E-state index in [1.54, 1.807) is 17.2 Å². The zero-order valence-electron chi connectivity index (χ0n) is 16.5. The topological polar surface area (TPSA) is 78.1 Å². The van der Waals surface area contributed by atoms with Gasteiger partial charge in [-0.1, -0.05) is 11.6 Å². The van der Waals surface area contributed by atoms with Gasteiger partial charge in [-0.05, 0) is 48.6 Å². The lowest BCUT2D eigenvalue weighted by atomic mass is 9.95. The van der Waals surface area contributed by atoms with Crippen molar-refractivity contribution < 1.29 is 18.0 Å². The van der Waals surface area contributed by atoms with E-state index in [9.17, 15) is 22.8 Å². The Labute approximate surface area is 185 Å².